The van der Waals surface area contributed by atoms with Gasteiger partial charge in [-0.1, -0.05) is 12.1 Å². The maximum Gasteiger partial charge on any atom is 0.238 e. The van der Waals surface area contributed by atoms with E-state index in [1.54, 1.807) is 24.3 Å². The Hall–Kier alpha value is -0.560. The molecule has 0 aliphatic rings. The quantitative estimate of drug-likeness (QED) is 0.809. The van der Waals surface area contributed by atoms with Gasteiger partial charge in [0.05, 0.1) is 4.90 Å². The number of benzene rings is 1. The Bertz CT molecular complexity index is 486. The van der Waals surface area contributed by atoms with E-state index in [0.717, 1.165) is 17.7 Å². The summed E-state index contributed by atoms with van der Waals surface area (Å²) in [5.41, 5.74) is 1.06. The number of thioether (sulfide) groups is 1. The summed E-state index contributed by atoms with van der Waals surface area (Å²) in [7, 11) is -3.60. The van der Waals surface area contributed by atoms with Gasteiger partial charge in [0.2, 0.25) is 10.0 Å². The van der Waals surface area contributed by atoms with Crippen LogP contribution in [0.25, 0.3) is 0 Å². The second-order valence-electron chi connectivity index (χ2n) is 4.68. The first-order chi connectivity index (χ1) is 8.84. The van der Waals surface area contributed by atoms with Crippen LogP contribution in [-0.2, 0) is 10.0 Å². The van der Waals surface area contributed by atoms with Crippen molar-refractivity contribution < 1.29 is 8.42 Å². The van der Waals surface area contributed by atoms with E-state index < -0.39 is 10.0 Å². The van der Waals surface area contributed by atoms with E-state index in [1.165, 1.54) is 0 Å². The van der Waals surface area contributed by atoms with E-state index >= 15 is 0 Å². The molecule has 0 saturated carbocycles. The van der Waals surface area contributed by atoms with Gasteiger partial charge >= 0.3 is 0 Å². The highest BCUT2D eigenvalue weighted by molar-refractivity contribution is 7.98. The van der Waals surface area contributed by atoms with Crippen molar-refractivity contribution in [3.8, 4) is 0 Å². The van der Waals surface area contributed by atoms with Gasteiger partial charge in [-0.3, -0.25) is 0 Å². The first-order valence-corrected chi connectivity index (χ1v) is 9.16. The van der Waals surface area contributed by atoms with Gasteiger partial charge in [0.1, 0.15) is 0 Å². The van der Waals surface area contributed by atoms with Crippen molar-refractivity contribution in [3.63, 3.8) is 0 Å². The molecular formula is C13H22N2O2S2. The number of rotatable bonds is 7. The monoisotopic (exact) mass is 302 g/mol. The lowest BCUT2D eigenvalue weighted by Crippen LogP contribution is -2.29. The van der Waals surface area contributed by atoms with Crippen molar-refractivity contribution in [3.05, 3.63) is 29.8 Å². The summed E-state index contributed by atoms with van der Waals surface area (Å²) in [4.78, 5) is 0.152. The van der Waals surface area contributed by atoms with Crippen LogP contribution in [0.1, 0.15) is 31.9 Å². The standard InChI is InChI=1S/C13H22N2O2S2/c1-10(8-9-18-3)15-11(2)12-4-6-13(7-5-12)19(14,16)17/h4-7,10-11,15H,8-9H2,1-3H3,(H2,14,16,17). The van der Waals surface area contributed by atoms with Crippen molar-refractivity contribution in [2.24, 2.45) is 5.14 Å². The summed E-state index contributed by atoms with van der Waals surface area (Å²) >= 11 is 1.84. The number of hydrogen-bond donors (Lipinski definition) is 2. The molecule has 1 aromatic carbocycles. The lowest BCUT2D eigenvalue weighted by Gasteiger charge is -2.20. The predicted molar refractivity (Wildman–Crippen MR) is 81.8 cm³/mol. The zero-order chi connectivity index (χ0) is 14.5. The molecule has 6 heteroatoms. The van der Waals surface area contributed by atoms with Gasteiger partial charge in [-0.15, -0.1) is 0 Å². The minimum atomic E-state index is -3.60. The van der Waals surface area contributed by atoms with Gasteiger partial charge in [-0.2, -0.15) is 11.8 Å². The van der Waals surface area contributed by atoms with Crippen LogP contribution in [0.4, 0.5) is 0 Å². The summed E-state index contributed by atoms with van der Waals surface area (Å²) in [6.45, 7) is 4.23. The molecule has 0 fully saturated rings. The fourth-order valence-corrected chi connectivity index (χ4v) is 2.95. The second-order valence-corrected chi connectivity index (χ2v) is 7.23. The largest absolute Gasteiger partial charge is 0.308 e. The fourth-order valence-electron chi connectivity index (χ4n) is 1.85. The molecule has 0 aliphatic heterocycles. The Morgan fingerprint density at radius 1 is 1.26 bits per heavy atom. The third kappa shape index (κ3) is 5.52. The highest BCUT2D eigenvalue weighted by Gasteiger charge is 2.11. The summed E-state index contributed by atoms with van der Waals surface area (Å²) < 4.78 is 22.3. The molecule has 0 heterocycles. The van der Waals surface area contributed by atoms with Crippen LogP contribution in [-0.4, -0.2) is 26.5 Å². The van der Waals surface area contributed by atoms with Gasteiger partial charge in [0.15, 0.2) is 0 Å². The van der Waals surface area contributed by atoms with E-state index in [2.05, 4.69) is 25.4 Å². The van der Waals surface area contributed by atoms with Crippen LogP contribution in [0.3, 0.4) is 0 Å². The second kappa shape index (κ2) is 7.28. The number of primary sulfonamides is 1. The highest BCUT2D eigenvalue weighted by atomic mass is 32.2. The van der Waals surface area contributed by atoms with E-state index in [0.29, 0.717) is 6.04 Å². The number of nitrogens with one attached hydrogen (secondary N) is 1. The van der Waals surface area contributed by atoms with Crippen molar-refractivity contribution in [1.29, 1.82) is 0 Å². The van der Waals surface area contributed by atoms with Gasteiger partial charge in [0, 0.05) is 12.1 Å². The Morgan fingerprint density at radius 3 is 2.32 bits per heavy atom. The van der Waals surface area contributed by atoms with Crippen molar-refractivity contribution >= 4 is 21.8 Å². The maximum atomic E-state index is 11.2. The van der Waals surface area contributed by atoms with Gasteiger partial charge in [0.25, 0.3) is 0 Å². The van der Waals surface area contributed by atoms with Crippen LogP contribution in [0.5, 0.6) is 0 Å². The molecular weight excluding hydrogens is 280 g/mol. The molecule has 0 aromatic heterocycles. The van der Waals surface area contributed by atoms with E-state index in [9.17, 15) is 8.42 Å². The molecule has 0 radical (unpaired) electrons. The Morgan fingerprint density at radius 2 is 1.84 bits per heavy atom. The topological polar surface area (TPSA) is 72.2 Å². The first-order valence-electron chi connectivity index (χ1n) is 6.22. The molecule has 0 amide bonds. The van der Waals surface area contributed by atoms with E-state index in [1.807, 2.05) is 11.8 Å². The number of sulfonamides is 1. The molecule has 108 valence electrons. The SMILES string of the molecule is CSCCC(C)NC(C)c1ccc(S(N)(=O)=O)cc1. The molecule has 1 rings (SSSR count). The van der Waals surface area contributed by atoms with Crippen LogP contribution in [0, 0.1) is 0 Å². The molecule has 1 aromatic rings. The normalized spacial score (nSPS) is 15.2. The fraction of sp³-hybridized carbons (Fsp3) is 0.538. The highest BCUT2D eigenvalue weighted by Crippen LogP contribution is 2.16. The molecule has 3 N–H and O–H groups in total. The third-order valence-corrected chi connectivity index (χ3v) is 4.57. The molecule has 19 heavy (non-hydrogen) atoms. The summed E-state index contributed by atoms with van der Waals surface area (Å²) in [6, 6.07) is 7.33. The molecule has 0 aliphatic carbocycles. The zero-order valence-electron chi connectivity index (χ0n) is 11.6. The average Bonchev–Trinajstić information content (AvgIpc) is 2.35. The lowest BCUT2D eigenvalue weighted by atomic mass is 10.1. The zero-order valence-corrected chi connectivity index (χ0v) is 13.2. The van der Waals surface area contributed by atoms with Crippen molar-refractivity contribution in [2.75, 3.05) is 12.0 Å². The minimum absolute atomic E-state index is 0.152. The van der Waals surface area contributed by atoms with Gasteiger partial charge < -0.3 is 5.32 Å². The average molecular weight is 302 g/mol. The summed E-state index contributed by atoms with van der Waals surface area (Å²) in [6.07, 6.45) is 3.21. The van der Waals surface area contributed by atoms with E-state index in [-0.39, 0.29) is 10.9 Å². The maximum absolute atomic E-state index is 11.2. The molecule has 0 saturated heterocycles. The van der Waals surface area contributed by atoms with Crippen LogP contribution in [0.2, 0.25) is 0 Å². The van der Waals surface area contributed by atoms with Crippen LogP contribution >= 0.6 is 11.8 Å². The summed E-state index contributed by atoms with van der Waals surface area (Å²) in [5.74, 6) is 1.13. The number of nitrogens with two attached hydrogens (primary N) is 1. The smallest absolute Gasteiger partial charge is 0.238 e. The van der Waals surface area contributed by atoms with Crippen molar-refractivity contribution in [2.45, 2.75) is 37.2 Å². The molecule has 2 atom stereocenters. The van der Waals surface area contributed by atoms with Crippen LogP contribution < -0.4 is 10.5 Å². The predicted octanol–water partition coefficient (Wildman–Crippen LogP) is 2.13. The van der Waals surface area contributed by atoms with Crippen LogP contribution in [0.15, 0.2) is 29.2 Å². The van der Waals surface area contributed by atoms with Gasteiger partial charge in [-0.25, -0.2) is 13.6 Å². The van der Waals surface area contributed by atoms with E-state index in [4.69, 9.17) is 5.14 Å². The Balaban J connectivity index is 2.65. The van der Waals surface area contributed by atoms with Crippen molar-refractivity contribution in [1.82, 2.24) is 5.32 Å². The Kier molecular flexibility index (Phi) is 6.32. The first kappa shape index (κ1) is 16.5. The summed E-state index contributed by atoms with van der Waals surface area (Å²) in [5, 5.41) is 8.57. The molecule has 4 nitrogen and oxygen atoms in total. The minimum Gasteiger partial charge on any atom is -0.308 e. The molecule has 0 bridgehead atoms. The van der Waals surface area contributed by atoms with Gasteiger partial charge in [-0.05, 0) is 50.0 Å². The molecule has 2 unspecified atom stereocenters. The number of hydrogen-bond acceptors (Lipinski definition) is 4. The third-order valence-electron chi connectivity index (χ3n) is 3.00. The lowest BCUT2D eigenvalue weighted by molar-refractivity contribution is 0.471. The Labute approximate surface area is 120 Å². The molecule has 0 spiro atoms.